The van der Waals surface area contributed by atoms with E-state index in [1.54, 1.807) is 0 Å². The van der Waals surface area contributed by atoms with Crippen molar-refractivity contribution >= 4 is 17.1 Å². The third-order valence-electron chi connectivity index (χ3n) is 3.09. The van der Waals surface area contributed by atoms with Crippen molar-refractivity contribution in [1.29, 1.82) is 0 Å². The monoisotopic (exact) mass is 232 g/mol. The predicted octanol–water partition coefficient (Wildman–Crippen LogP) is 4.65. The van der Waals surface area contributed by atoms with E-state index in [0.29, 0.717) is 11.8 Å². The molecule has 0 saturated heterocycles. The van der Waals surface area contributed by atoms with Crippen molar-refractivity contribution < 1.29 is 0 Å². The molecule has 0 aromatic heterocycles. The highest BCUT2D eigenvalue weighted by Gasteiger charge is 2.20. The molecule has 0 nitrogen and oxygen atoms in total. The van der Waals surface area contributed by atoms with Crippen LogP contribution in [0.15, 0.2) is 48.1 Å². The molecule has 0 bridgehead atoms. The summed E-state index contributed by atoms with van der Waals surface area (Å²) in [6.45, 7) is 10.4. The molecule has 2 unspecified atom stereocenters. The summed E-state index contributed by atoms with van der Waals surface area (Å²) in [4.78, 5) is 0.924. The topological polar surface area (TPSA) is 0 Å². The molecule has 0 aromatic rings. The smallest absolute Gasteiger partial charge is 0.0121 e. The van der Waals surface area contributed by atoms with Crippen molar-refractivity contribution in [3.63, 3.8) is 0 Å². The van der Waals surface area contributed by atoms with Crippen LogP contribution in [0.25, 0.3) is 0 Å². The minimum absolute atomic E-state index is 0.512. The van der Waals surface area contributed by atoms with Crippen molar-refractivity contribution in [3.8, 4) is 0 Å². The van der Waals surface area contributed by atoms with Crippen molar-refractivity contribution in [2.75, 3.05) is 0 Å². The fourth-order valence-corrected chi connectivity index (χ4v) is 2.11. The zero-order valence-corrected chi connectivity index (χ0v) is 11.2. The van der Waals surface area contributed by atoms with Crippen LogP contribution in [-0.4, -0.2) is 4.86 Å². The maximum Gasteiger partial charge on any atom is 0.0121 e. The molecular weight excluding hydrogens is 212 g/mol. The van der Waals surface area contributed by atoms with Gasteiger partial charge in [-0.05, 0) is 43.8 Å². The van der Waals surface area contributed by atoms with Gasteiger partial charge < -0.3 is 0 Å². The first-order chi connectivity index (χ1) is 7.52. The largest absolute Gasteiger partial charge is 0.0998 e. The van der Waals surface area contributed by atoms with Gasteiger partial charge in [0.25, 0.3) is 0 Å². The average molecular weight is 232 g/mol. The zero-order valence-electron chi connectivity index (χ0n) is 10.4. The summed E-state index contributed by atoms with van der Waals surface area (Å²) in [6, 6.07) is 0. The second-order valence-electron chi connectivity index (χ2n) is 4.52. The van der Waals surface area contributed by atoms with Crippen LogP contribution >= 0.6 is 12.2 Å². The van der Waals surface area contributed by atoms with Crippen LogP contribution in [-0.2, 0) is 0 Å². The fourth-order valence-electron chi connectivity index (χ4n) is 2.04. The van der Waals surface area contributed by atoms with Gasteiger partial charge >= 0.3 is 0 Å². The molecule has 1 rings (SSSR count). The SMILES string of the molecule is C=C(C)C1CC=CC=C(/C=C\C(C)=S)C1C. The van der Waals surface area contributed by atoms with Crippen LogP contribution in [0.3, 0.4) is 0 Å². The van der Waals surface area contributed by atoms with Gasteiger partial charge in [0.1, 0.15) is 0 Å². The number of rotatable bonds is 3. The molecule has 0 radical (unpaired) electrons. The van der Waals surface area contributed by atoms with E-state index < -0.39 is 0 Å². The van der Waals surface area contributed by atoms with Crippen LogP contribution in [0.2, 0.25) is 0 Å². The van der Waals surface area contributed by atoms with E-state index in [0.717, 1.165) is 11.3 Å². The fraction of sp³-hybridized carbons (Fsp3) is 0.400. The van der Waals surface area contributed by atoms with Crippen LogP contribution in [0.4, 0.5) is 0 Å². The molecule has 0 saturated carbocycles. The van der Waals surface area contributed by atoms with Crippen LogP contribution in [0.5, 0.6) is 0 Å². The van der Waals surface area contributed by atoms with E-state index in [2.05, 4.69) is 44.7 Å². The maximum absolute atomic E-state index is 5.07. The standard InChI is InChI=1S/C15H20S/c1-11(2)15-8-6-5-7-14(13(15)4)10-9-12(3)16/h5-7,9-10,13,15H,1,8H2,2-4H3/b10-9-. The molecular formula is C15H20S. The van der Waals surface area contributed by atoms with Crippen molar-refractivity contribution in [3.05, 3.63) is 48.1 Å². The van der Waals surface area contributed by atoms with Crippen molar-refractivity contribution in [2.45, 2.75) is 27.2 Å². The lowest BCUT2D eigenvalue weighted by atomic mass is 9.82. The molecule has 16 heavy (non-hydrogen) atoms. The Kier molecular flexibility index (Phi) is 4.88. The van der Waals surface area contributed by atoms with Gasteiger partial charge in [-0.1, -0.05) is 55.6 Å². The van der Waals surface area contributed by atoms with Gasteiger partial charge in [0.2, 0.25) is 0 Å². The Morgan fingerprint density at radius 1 is 1.50 bits per heavy atom. The molecule has 0 heterocycles. The van der Waals surface area contributed by atoms with Crippen LogP contribution in [0, 0.1) is 11.8 Å². The first kappa shape index (κ1) is 13.1. The lowest BCUT2D eigenvalue weighted by Crippen LogP contribution is -2.12. The van der Waals surface area contributed by atoms with E-state index in [4.69, 9.17) is 12.2 Å². The van der Waals surface area contributed by atoms with Gasteiger partial charge in [0.05, 0.1) is 0 Å². The van der Waals surface area contributed by atoms with E-state index in [9.17, 15) is 0 Å². The Morgan fingerprint density at radius 2 is 2.19 bits per heavy atom. The van der Waals surface area contributed by atoms with Gasteiger partial charge in [-0.3, -0.25) is 0 Å². The minimum atomic E-state index is 0.512. The third-order valence-corrected chi connectivity index (χ3v) is 3.22. The Labute approximate surface area is 104 Å². The Hall–Kier alpha value is -0.950. The Bertz CT molecular complexity index is 369. The summed E-state index contributed by atoms with van der Waals surface area (Å²) in [5, 5.41) is 0. The number of allylic oxidation sites excluding steroid dienone is 7. The number of thiocarbonyl (C=S) groups is 1. The van der Waals surface area contributed by atoms with Gasteiger partial charge in [-0.2, -0.15) is 0 Å². The van der Waals surface area contributed by atoms with Crippen molar-refractivity contribution in [2.24, 2.45) is 11.8 Å². The van der Waals surface area contributed by atoms with E-state index in [1.165, 1.54) is 11.1 Å². The summed E-state index contributed by atoms with van der Waals surface area (Å²) >= 11 is 5.07. The summed E-state index contributed by atoms with van der Waals surface area (Å²) in [6.07, 6.45) is 11.8. The van der Waals surface area contributed by atoms with Gasteiger partial charge in [0, 0.05) is 4.86 Å². The van der Waals surface area contributed by atoms with Crippen molar-refractivity contribution in [1.82, 2.24) is 0 Å². The van der Waals surface area contributed by atoms with E-state index >= 15 is 0 Å². The molecule has 1 aliphatic rings. The van der Waals surface area contributed by atoms with Gasteiger partial charge in [0.15, 0.2) is 0 Å². The zero-order chi connectivity index (χ0) is 12.1. The maximum atomic E-state index is 5.07. The molecule has 0 fully saturated rings. The third kappa shape index (κ3) is 3.57. The second kappa shape index (κ2) is 5.95. The summed E-state index contributed by atoms with van der Waals surface area (Å²) in [5.41, 5.74) is 2.60. The number of hydrogen-bond donors (Lipinski definition) is 0. The highest BCUT2D eigenvalue weighted by atomic mass is 32.1. The Balaban J connectivity index is 2.90. The summed E-state index contributed by atoms with van der Waals surface area (Å²) in [7, 11) is 0. The molecule has 2 atom stereocenters. The number of hydrogen-bond acceptors (Lipinski definition) is 1. The molecule has 0 aliphatic heterocycles. The molecule has 0 spiro atoms. The predicted molar refractivity (Wildman–Crippen MR) is 76.7 cm³/mol. The first-order valence-corrected chi connectivity index (χ1v) is 6.14. The average Bonchev–Trinajstić information content (AvgIpc) is 2.37. The normalized spacial score (nSPS) is 25.3. The van der Waals surface area contributed by atoms with Gasteiger partial charge in [-0.15, -0.1) is 0 Å². The van der Waals surface area contributed by atoms with E-state index in [-0.39, 0.29) is 0 Å². The lowest BCUT2D eigenvalue weighted by Gasteiger charge is -2.23. The molecule has 1 aliphatic carbocycles. The first-order valence-electron chi connectivity index (χ1n) is 5.73. The molecule has 0 N–H and O–H groups in total. The molecule has 0 amide bonds. The molecule has 86 valence electrons. The second-order valence-corrected chi connectivity index (χ2v) is 5.16. The summed E-state index contributed by atoms with van der Waals surface area (Å²) in [5.74, 6) is 1.05. The van der Waals surface area contributed by atoms with E-state index in [1.807, 2.05) is 13.0 Å². The Morgan fingerprint density at radius 3 is 2.75 bits per heavy atom. The quantitative estimate of drug-likeness (QED) is 0.388. The highest BCUT2D eigenvalue weighted by molar-refractivity contribution is 7.80. The van der Waals surface area contributed by atoms with Gasteiger partial charge in [-0.25, -0.2) is 0 Å². The molecule has 0 aromatic carbocycles. The minimum Gasteiger partial charge on any atom is -0.0998 e. The highest BCUT2D eigenvalue weighted by Crippen LogP contribution is 2.31. The molecule has 1 heteroatoms. The van der Waals surface area contributed by atoms with Crippen LogP contribution in [0.1, 0.15) is 27.2 Å². The lowest BCUT2D eigenvalue weighted by molar-refractivity contribution is 0.480. The van der Waals surface area contributed by atoms with Crippen LogP contribution < -0.4 is 0 Å². The summed E-state index contributed by atoms with van der Waals surface area (Å²) < 4.78 is 0.